The minimum absolute atomic E-state index is 0.0299. The molecule has 1 aromatic rings. The number of carbonyl (C=O) groups is 1. The Bertz CT molecular complexity index is 446. The fourth-order valence-corrected chi connectivity index (χ4v) is 1.90. The molecule has 0 aromatic heterocycles. The minimum Gasteiger partial charge on any atom is -0.508 e. The zero-order valence-corrected chi connectivity index (χ0v) is 11.4. The standard InChI is InChI=1S/C14H18ClNO3/c15-13-5-4-11(17)8-12(13)14(18)16-6-1-7-19-9-10-2-3-10/h4-5,8,10,17H,1-3,6-7,9H2,(H,16,18). The summed E-state index contributed by atoms with van der Waals surface area (Å²) >= 11 is 5.90. The fourth-order valence-electron chi connectivity index (χ4n) is 1.69. The van der Waals surface area contributed by atoms with Gasteiger partial charge in [-0.3, -0.25) is 4.79 Å². The van der Waals surface area contributed by atoms with Crippen molar-refractivity contribution in [3.8, 4) is 5.75 Å². The lowest BCUT2D eigenvalue weighted by molar-refractivity contribution is 0.0937. The van der Waals surface area contributed by atoms with Crippen LogP contribution in [0.1, 0.15) is 29.6 Å². The van der Waals surface area contributed by atoms with Crippen molar-refractivity contribution >= 4 is 17.5 Å². The number of amides is 1. The lowest BCUT2D eigenvalue weighted by atomic mass is 10.2. The van der Waals surface area contributed by atoms with Crippen LogP contribution >= 0.6 is 11.6 Å². The SMILES string of the molecule is O=C(NCCCOCC1CC1)c1cc(O)ccc1Cl. The van der Waals surface area contributed by atoms with Gasteiger partial charge in [0.15, 0.2) is 0 Å². The van der Waals surface area contributed by atoms with Crippen molar-refractivity contribution in [1.29, 1.82) is 0 Å². The third kappa shape index (κ3) is 4.73. The first-order chi connectivity index (χ1) is 9.16. The summed E-state index contributed by atoms with van der Waals surface area (Å²) in [5.41, 5.74) is 0.292. The number of halogens is 1. The van der Waals surface area contributed by atoms with E-state index in [1.807, 2.05) is 0 Å². The zero-order valence-electron chi connectivity index (χ0n) is 10.7. The van der Waals surface area contributed by atoms with Gasteiger partial charge in [-0.25, -0.2) is 0 Å². The Hall–Kier alpha value is -1.26. The molecule has 1 aliphatic rings. The highest BCUT2D eigenvalue weighted by Gasteiger charge is 2.20. The van der Waals surface area contributed by atoms with Gasteiger partial charge in [0.2, 0.25) is 0 Å². The maximum atomic E-state index is 11.8. The van der Waals surface area contributed by atoms with Crippen LogP contribution in [0.15, 0.2) is 18.2 Å². The van der Waals surface area contributed by atoms with Crippen LogP contribution in [0.4, 0.5) is 0 Å². The van der Waals surface area contributed by atoms with Gasteiger partial charge >= 0.3 is 0 Å². The van der Waals surface area contributed by atoms with Crippen molar-refractivity contribution in [2.45, 2.75) is 19.3 Å². The zero-order chi connectivity index (χ0) is 13.7. The number of phenolic OH excluding ortho intramolecular Hbond substituents is 1. The van der Waals surface area contributed by atoms with Gasteiger partial charge in [-0.1, -0.05) is 11.6 Å². The number of hydrogen-bond donors (Lipinski definition) is 2. The van der Waals surface area contributed by atoms with Crippen LogP contribution in [-0.2, 0) is 4.74 Å². The smallest absolute Gasteiger partial charge is 0.252 e. The third-order valence-electron chi connectivity index (χ3n) is 3.00. The van der Waals surface area contributed by atoms with Crippen LogP contribution in [0.25, 0.3) is 0 Å². The first kappa shape index (κ1) is 14.2. The molecule has 0 aliphatic heterocycles. The summed E-state index contributed by atoms with van der Waals surface area (Å²) in [6.45, 7) is 2.03. The van der Waals surface area contributed by atoms with Crippen LogP contribution in [0.3, 0.4) is 0 Å². The average molecular weight is 284 g/mol. The normalized spacial score (nSPS) is 14.4. The largest absolute Gasteiger partial charge is 0.508 e. The Morgan fingerprint density at radius 2 is 2.26 bits per heavy atom. The first-order valence-corrected chi connectivity index (χ1v) is 6.89. The molecule has 104 valence electrons. The monoisotopic (exact) mass is 283 g/mol. The van der Waals surface area contributed by atoms with Gasteiger partial charge < -0.3 is 15.2 Å². The molecule has 1 aliphatic carbocycles. The highest BCUT2D eigenvalue weighted by Crippen LogP contribution is 2.28. The summed E-state index contributed by atoms with van der Waals surface area (Å²) < 4.78 is 5.47. The van der Waals surface area contributed by atoms with Gasteiger partial charge in [-0.2, -0.15) is 0 Å². The molecule has 1 saturated carbocycles. The predicted molar refractivity (Wildman–Crippen MR) is 73.6 cm³/mol. The van der Waals surface area contributed by atoms with Gasteiger partial charge in [0.05, 0.1) is 10.6 Å². The van der Waals surface area contributed by atoms with Crippen LogP contribution in [-0.4, -0.2) is 30.8 Å². The lowest BCUT2D eigenvalue weighted by Crippen LogP contribution is -2.25. The molecule has 0 heterocycles. The number of ether oxygens (including phenoxy) is 1. The highest BCUT2D eigenvalue weighted by atomic mass is 35.5. The molecule has 0 saturated heterocycles. The van der Waals surface area contributed by atoms with E-state index in [0.29, 0.717) is 23.7 Å². The highest BCUT2D eigenvalue weighted by molar-refractivity contribution is 6.33. The van der Waals surface area contributed by atoms with Crippen molar-refractivity contribution in [3.63, 3.8) is 0 Å². The van der Waals surface area contributed by atoms with Crippen LogP contribution in [0, 0.1) is 5.92 Å². The van der Waals surface area contributed by atoms with E-state index in [4.69, 9.17) is 16.3 Å². The Kier molecular flexibility index (Phi) is 5.05. The first-order valence-electron chi connectivity index (χ1n) is 6.51. The Balaban J connectivity index is 1.66. The maximum absolute atomic E-state index is 11.8. The molecule has 4 nitrogen and oxygen atoms in total. The van der Waals surface area contributed by atoms with E-state index in [9.17, 15) is 9.90 Å². The lowest BCUT2D eigenvalue weighted by Gasteiger charge is -2.07. The van der Waals surface area contributed by atoms with Crippen molar-refractivity contribution < 1.29 is 14.6 Å². The van der Waals surface area contributed by atoms with Gasteiger partial charge in [0.25, 0.3) is 5.91 Å². The second kappa shape index (κ2) is 6.78. The molecule has 1 amide bonds. The van der Waals surface area contributed by atoms with E-state index in [2.05, 4.69) is 5.32 Å². The number of nitrogens with one attached hydrogen (secondary N) is 1. The molecule has 0 bridgehead atoms. The summed E-state index contributed by atoms with van der Waals surface area (Å²) in [7, 11) is 0. The summed E-state index contributed by atoms with van der Waals surface area (Å²) in [5.74, 6) is 0.520. The van der Waals surface area contributed by atoms with Gasteiger partial charge in [0, 0.05) is 19.8 Å². The molecule has 5 heteroatoms. The van der Waals surface area contributed by atoms with Gasteiger partial charge in [-0.05, 0) is 43.4 Å². The molecule has 0 spiro atoms. The summed E-state index contributed by atoms with van der Waals surface area (Å²) in [6, 6.07) is 4.32. The van der Waals surface area contributed by atoms with E-state index >= 15 is 0 Å². The summed E-state index contributed by atoms with van der Waals surface area (Å²) in [4.78, 5) is 11.8. The summed E-state index contributed by atoms with van der Waals surface area (Å²) in [5, 5.41) is 12.4. The molecule has 0 atom stereocenters. The molecule has 2 rings (SSSR count). The second-order valence-corrected chi connectivity index (χ2v) is 5.20. The number of phenols is 1. The van der Waals surface area contributed by atoms with Crippen LogP contribution < -0.4 is 5.32 Å². The fraction of sp³-hybridized carbons (Fsp3) is 0.500. The number of rotatable bonds is 7. The van der Waals surface area contributed by atoms with E-state index in [0.717, 1.165) is 18.9 Å². The predicted octanol–water partition coefficient (Wildman–Crippen LogP) is 2.59. The molecule has 2 N–H and O–H groups in total. The molecule has 1 fully saturated rings. The molecule has 0 radical (unpaired) electrons. The van der Waals surface area contributed by atoms with Crippen molar-refractivity contribution in [1.82, 2.24) is 5.32 Å². The summed E-state index contributed by atoms with van der Waals surface area (Å²) in [6.07, 6.45) is 3.34. The van der Waals surface area contributed by atoms with E-state index in [1.165, 1.54) is 31.0 Å². The third-order valence-corrected chi connectivity index (χ3v) is 3.33. The molecule has 19 heavy (non-hydrogen) atoms. The van der Waals surface area contributed by atoms with Gasteiger partial charge in [0.1, 0.15) is 5.75 Å². The van der Waals surface area contributed by atoms with Crippen molar-refractivity contribution in [2.24, 2.45) is 5.92 Å². The minimum atomic E-state index is -0.275. The Labute approximate surface area is 117 Å². The topological polar surface area (TPSA) is 58.6 Å². The van der Waals surface area contributed by atoms with Crippen molar-refractivity contribution in [2.75, 3.05) is 19.8 Å². The molecular weight excluding hydrogens is 266 g/mol. The maximum Gasteiger partial charge on any atom is 0.252 e. The van der Waals surface area contributed by atoms with E-state index in [1.54, 1.807) is 0 Å². The van der Waals surface area contributed by atoms with Gasteiger partial charge in [-0.15, -0.1) is 0 Å². The Morgan fingerprint density at radius 1 is 1.47 bits per heavy atom. The number of benzene rings is 1. The molecule has 1 aromatic carbocycles. The van der Waals surface area contributed by atoms with Crippen LogP contribution in [0.2, 0.25) is 5.02 Å². The number of carbonyl (C=O) groups excluding carboxylic acids is 1. The van der Waals surface area contributed by atoms with Crippen molar-refractivity contribution in [3.05, 3.63) is 28.8 Å². The van der Waals surface area contributed by atoms with Crippen LogP contribution in [0.5, 0.6) is 5.75 Å². The molecule has 0 unspecified atom stereocenters. The Morgan fingerprint density at radius 3 is 3.00 bits per heavy atom. The second-order valence-electron chi connectivity index (χ2n) is 4.79. The van der Waals surface area contributed by atoms with E-state index in [-0.39, 0.29) is 11.7 Å². The number of hydrogen-bond acceptors (Lipinski definition) is 3. The molecular formula is C14H18ClNO3. The van der Waals surface area contributed by atoms with E-state index < -0.39 is 0 Å². The average Bonchev–Trinajstić information content (AvgIpc) is 3.20. The quantitative estimate of drug-likeness (QED) is 0.756. The number of aromatic hydroxyl groups is 1.